The summed E-state index contributed by atoms with van der Waals surface area (Å²) in [5, 5.41) is 9.71. The van der Waals surface area contributed by atoms with Crippen molar-refractivity contribution in [3.63, 3.8) is 0 Å². The second kappa shape index (κ2) is 3.72. The van der Waals surface area contributed by atoms with Crippen LogP contribution in [0.15, 0.2) is 36.5 Å². The van der Waals surface area contributed by atoms with E-state index in [9.17, 15) is 0 Å². The summed E-state index contributed by atoms with van der Waals surface area (Å²) in [5.41, 5.74) is 1.53. The summed E-state index contributed by atoms with van der Waals surface area (Å²) in [6.07, 6.45) is 1.78. The molecule has 0 unspecified atom stereocenters. The van der Waals surface area contributed by atoms with Gasteiger partial charge in [-0.2, -0.15) is 0 Å². The molecule has 0 saturated heterocycles. The highest BCUT2D eigenvalue weighted by Gasteiger charge is 2.09. The highest BCUT2D eigenvalue weighted by molar-refractivity contribution is 6.39. The number of aromatic nitrogens is 2. The number of pyridine rings is 1. The van der Waals surface area contributed by atoms with Gasteiger partial charge < -0.3 is 0 Å². The first-order valence-electron chi connectivity index (χ1n) is 4.98. The normalized spacial score (nSPS) is 11.2. The predicted molar refractivity (Wildman–Crippen MR) is 68.6 cm³/mol. The van der Waals surface area contributed by atoms with Gasteiger partial charge in [-0.1, -0.05) is 29.3 Å². The standard InChI is InChI=1S/C12H7Cl2N3/c13-7-4-5-8(14)11-10(7)12(15)17-6-2-1-3-9(17)16-11/h1-6,15H. The number of nitrogens with one attached hydrogen (secondary N) is 1. The zero-order valence-corrected chi connectivity index (χ0v) is 10.1. The van der Waals surface area contributed by atoms with Gasteiger partial charge in [0.1, 0.15) is 11.1 Å². The molecule has 3 nitrogen and oxygen atoms in total. The van der Waals surface area contributed by atoms with Crippen molar-refractivity contribution in [1.82, 2.24) is 9.38 Å². The van der Waals surface area contributed by atoms with Crippen molar-refractivity contribution in [2.45, 2.75) is 0 Å². The van der Waals surface area contributed by atoms with Crippen LogP contribution in [0.2, 0.25) is 10.0 Å². The van der Waals surface area contributed by atoms with Crippen LogP contribution in [0.5, 0.6) is 0 Å². The second-order valence-corrected chi connectivity index (χ2v) is 4.46. The highest BCUT2D eigenvalue weighted by atomic mass is 35.5. The first-order valence-corrected chi connectivity index (χ1v) is 5.74. The topological polar surface area (TPSA) is 41.2 Å². The molecule has 0 bridgehead atoms. The molecule has 3 aromatic rings. The molecule has 0 aliphatic carbocycles. The lowest BCUT2D eigenvalue weighted by molar-refractivity contribution is 1.00. The van der Waals surface area contributed by atoms with Crippen molar-refractivity contribution in [3.05, 3.63) is 52.1 Å². The summed E-state index contributed by atoms with van der Waals surface area (Å²) in [6, 6.07) is 8.91. The van der Waals surface area contributed by atoms with Crippen LogP contribution in [-0.4, -0.2) is 9.38 Å². The first-order chi connectivity index (χ1) is 8.18. The van der Waals surface area contributed by atoms with Crippen LogP contribution in [0.3, 0.4) is 0 Å². The molecule has 0 saturated carbocycles. The molecule has 2 heterocycles. The summed E-state index contributed by atoms with van der Waals surface area (Å²) in [7, 11) is 0. The Balaban J connectivity index is 2.69. The highest BCUT2D eigenvalue weighted by Crippen LogP contribution is 2.25. The van der Waals surface area contributed by atoms with Gasteiger partial charge in [0.25, 0.3) is 0 Å². The van der Waals surface area contributed by atoms with Gasteiger partial charge in [0, 0.05) is 6.20 Å². The average molecular weight is 264 g/mol. The minimum absolute atomic E-state index is 0.290. The maximum atomic E-state index is 8.15. The van der Waals surface area contributed by atoms with Crippen molar-refractivity contribution < 1.29 is 0 Å². The Labute approximate surface area is 107 Å². The second-order valence-electron chi connectivity index (χ2n) is 3.64. The van der Waals surface area contributed by atoms with Crippen molar-refractivity contribution in [3.8, 4) is 0 Å². The predicted octanol–water partition coefficient (Wildman–Crippen LogP) is 3.27. The van der Waals surface area contributed by atoms with E-state index in [2.05, 4.69) is 4.98 Å². The molecule has 0 aliphatic heterocycles. The molecule has 0 fully saturated rings. The van der Waals surface area contributed by atoms with Crippen LogP contribution >= 0.6 is 23.2 Å². The lowest BCUT2D eigenvalue weighted by Crippen LogP contribution is -2.15. The summed E-state index contributed by atoms with van der Waals surface area (Å²) < 4.78 is 1.67. The zero-order chi connectivity index (χ0) is 12.0. The summed E-state index contributed by atoms with van der Waals surface area (Å²) >= 11 is 12.2. The van der Waals surface area contributed by atoms with E-state index in [1.165, 1.54) is 0 Å². The summed E-state index contributed by atoms with van der Waals surface area (Å²) in [6.45, 7) is 0. The molecule has 2 aromatic heterocycles. The van der Waals surface area contributed by atoms with E-state index in [1.54, 1.807) is 22.7 Å². The van der Waals surface area contributed by atoms with Gasteiger partial charge in [0.05, 0.1) is 20.9 Å². The molecule has 84 valence electrons. The van der Waals surface area contributed by atoms with Gasteiger partial charge in [-0.15, -0.1) is 0 Å². The fraction of sp³-hybridized carbons (Fsp3) is 0. The third-order valence-corrected chi connectivity index (χ3v) is 3.24. The molecular weight excluding hydrogens is 257 g/mol. The minimum Gasteiger partial charge on any atom is -0.286 e. The van der Waals surface area contributed by atoms with Crippen LogP contribution in [0.1, 0.15) is 0 Å². The molecule has 1 aromatic carbocycles. The quantitative estimate of drug-likeness (QED) is 0.622. The van der Waals surface area contributed by atoms with E-state index in [4.69, 9.17) is 28.6 Å². The van der Waals surface area contributed by atoms with E-state index in [1.807, 2.05) is 18.2 Å². The van der Waals surface area contributed by atoms with Gasteiger partial charge >= 0.3 is 0 Å². The molecular formula is C12H7Cl2N3. The summed E-state index contributed by atoms with van der Waals surface area (Å²) in [4.78, 5) is 4.43. The Morgan fingerprint density at radius 1 is 1.06 bits per heavy atom. The van der Waals surface area contributed by atoms with Crippen molar-refractivity contribution >= 4 is 39.8 Å². The number of benzene rings is 1. The molecule has 17 heavy (non-hydrogen) atoms. The van der Waals surface area contributed by atoms with Gasteiger partial charge in [-0.3, -0.25) is 9.81 Å². The third-order valence-electron chi connectivity index (χ3n) is 2.62. The Bertz CT molecular complexity index is 793. The van der Waals surface area contributed by atoms with E-state index in [0.717, 1.165) is 0 Å². The van der Waals surface area contributed by atoms with Gasteiger partial charge in [0.15, 0.2) is 0 Å². The van der Waals surface area contributed by atoms with E-state index in [0.29, 0.717) is 26.6 Å². The molecule has 0 radical (unpaired) electrons. The fourth-order valence-electron chi connectivity index (χ4n) is 1.82. The van der Waals surface area contributed by atoms with Crippen LogP contribution < -0.4 is 5.49 Å². The first kappa shape index (κ1) is 10.6. The average Bonchev–Trinajstić information content (AvgIpc) is 2.34. The maximum Gasteiger partial charge on any atom is 0.141 e. The molecule has 0 amide bonds. The molecule has 5 heteroatoms. The van der Waals surface area contributed by atoms with E-state index >= 15 is 0 Å². The maximum absolute atomic E-state index is 8.15. The lowest BCUT2D eigenvalue weighted by Gasteiger charge is -2.06. The van der Waals surface area contributed by atoms with Gasteiger partial charge in [-0.25, -0.2) is 4.98 Å². The van der Waals surface area contributed by atoms with Gasteiger partial charge in [-0.05, 0) is 24.3 Å². The Morgan fingerprint density at radius 3 is 2.65 bits per heavy atom. The monoisotopic (exact) mass is 263 g/mol. The molecule has 1 N–H and O–H groups in total. The molecule has 0 atom stereocenters. The van der Waals surface area contributed by atoms with Gasteiger partial charge in [0.2, 0.25) is 0 Å². The fourth-order valence-corrected chi connectivity index (χ4v) is 2.27. The lowest BCUT2D eigenvalue weighted by atomic mass is 10.2. The molecule has 0 spiro atoms. The number of hydrogen-bond acceptors (Lipinski definition) is 2. The number of halogens is 2. The summed E-state index contributed by atoms with van der Waals surface area (Å²) in [5.74, 6) is 0. The number of hydrogen-bond donors (Lipinski definition) is 1. The van der Waals surface area contributed by atoms with Crippen molar-refractivity contribution in [1.29, 1.82) is 5.41 Å². The van der Waals surface area contributed by atoms with E-state index < -0.39 is 0 Å². The number of fused-ring (bicyclic) bond motifs is 2. The zero-order valence-electron chi connectivity index (χ0n) is 8.61. The minimum atomic E-state index is 0.290. The Hall–Kier alpha value is -1.58. The van der Waals surface area contributed by atoms with Crippen LogP contribution in [-0.2, 0) is 0 Å². The van der Waals surface area contributed by atoms with Crippen LogP contribution in [0.25, 0.3) is 16.6 Å². The van der Waals surface area contributed by atoms with Crippen molar-refractivity contribution in [2.75, 3.05) is 0 Å². The smallest absolute Gasteiger partial charge is 0.141 e. The Kier molecular flexibility index (Phi) is 2.31. The molecule has 3 rings (SSSR count). The Morgan fingerprint density at radius 2 is 1.82 bits per heavy atom. The third kappa shape index (κ3) is 1.51. The van der Waals surface area contributed by atoms with E-state index in [-0.39, 0.29) is 5.49 Å². The number of nitrogens with zero attached hydrogens (tertiary/aromatic N) is 2. The largest absolute Gasteiger partial charge is 0.286 e. The van der Waals surface area contributed by atoms with Crippen LogP contribution in [0.4, 0.5) is 0 Å². The number of rotatable bonds is 0. The van der Waals surface area contributed by atoms with Crippen molar-refractivity contribution in [2.24, 2.45) is 0 Å². The van der Waals surface area contributed by atoms with Crippen LogP contribution in [0, 0.1) is 5.41 Å². The SMILES string of the molecule is N=c1c2c(Cl)ccc(Cl)c2nc2ccccn12. The molecule has 0 aliphatic rings.